The van der Waals surface area contributed by atoms with E-state index < -0.39 is 0 Å². The third kappa shape index (κ3) is 2.53. The summed E-state index contributed by atoms with van der Waals surface area (Å²) in [4.78, 5) is 7.82. The van der Waals surface area contributed by atoms with Gasteiger partial charge in [0.25, 0.3) is 0 Å². The highest BCUT2D eigenvalue weighted by Gasteiger charge is 2.05. The molecule has 0 saturated heterocycles. The highest BCUT2D eigenvalue weighted by atomic mass is 127. The van der Waals surface area contributed by atoms with Crippen LogP contribution in [0.25, 0.3) is 0 Å². The van der Waals surface area contributed by atoms with E-state index in [1.807, 2.05) is 24.3 Å². The van der Waals surface area contributed by atoms with E-state index in [1.54, 1.807) is 0 Å². The van der Waals surface area contributed by atoms with E-state index in [9.17, 15) is 0 Å². The van der Waals surface area contributed by atoms with E-state index in [4.69, 9.17) is 17.3 Å². The van der Waals surface area contributed by atoms with Crippen LogP contribution in [0, 0.1) is 3.57 Å². The van der Waals surface area contributed by atoms with Gasteiger partial charge in [0.2, 0.25) is 0 Å². The van der Waals surface area contributed by atoms with Gasteiger partial charge in [-0.05, 0) is 40.8 Å². The number of anilines is 3. The lowest BCUT2D eigenvalue weighted by molar-refractivity contribution is 1.17. The Morgan fingerprint density at radius 3 is 2.88 bits per heavy atom. The lowest BCUT2D eigenvalue weighted by Gasteiger charge is -2.08. The van der Waals surface area contributed by atoms with Crippen LogP contribution in [0.3, 0.4) is 0 Å². The first kappa shape index (κ1) is 11.4. The predicted octanol–water partition coefficient (Wildman–Crippen LogP) is 3.06. The van der Waals surface area contributed by atoms with Crippen LogP contribution < -0.4 is 11.1 Å². The molecule has 0 spiro atoms. The van der Waals surface area contributed by atoms with Gasteiger partial charge >= 0.3 is 0 Å². The molecular formula is C10H8ClIN4. The van der Waals surface area contributed by atoms with Gasteiger partial charge in [-0.25, -0.2) is 9.97 Å². The zero-order valence-corrected chi connectivity index (χ0v) is 11.0. The standard InChI is InChI=1S/C10H8ClIN4/c11-9-8(13)10(15-5-14-9)16-7-3-1-2-6(12)4-7/h1-5H,13H2,(H,14,15,16). The third-order valence-electron chi connectivity index (χ3n) is 1.92. The van der Waals surface area contributed by atoms with Crippen LogP contribution in [0.4, 0.5) is 17.2 Å². The van der Waals surface area contributed by atoms with Gasteiger partial charge in [0.1, 0.15) is 12.0 Å². The number of aromatic nitrogens is 2. The minimum atomic E-state index is 0.253. The summed E-state index contributed by atoms with van der Waals surface area (Å²) in [6, 6.07) is 7.86. The van der Waals surface area contributed by atoms with Gasteiger partial charge in [-0.2, -0.15) is 0 Å². The number of nitrogens with zero attached hydrogens (tertiary/aromatic N) is 2. The number of nitrogen functional groups attached to an aromatic ring is 1. The molecule has 0 bridgehead atoms. The number of nitrogens with one attached hydrogen (secondary N) is 1. The van der Waals surface area contributed by atoms with Crippen LogP contribution in [0.1, 0.15) is 0 Å². The van der Waals surface area contributed by atoms with Gasteiger partial charge in [0, 0.05) is 9.26 Å². The Bertz CT molecular complexity index is 518. The van der Waals surface area contributed by atoms with Crippen LogP contribution in [0.15, 0.2) is 30.6 Å². The summed E-state index contributed by atoms with van der Waals surface area (Å²) >= 11 is 8.03. The summed E-state index contributed by atoms with van der Waals surface area (Å²) in [6.45, 7) is 0. The predicted molar refractivity (Wildman–Crippen MR) is 73.9 cm³/mol. The molecule has 1 heterocycles. The number of nitrogens with two attached hydrogens (primary N) is 1. The summed E-state index contributed by atoms with van der Waals surface area (Å²) < 4.78 is 1.13. The highest BCUT2D eigenvalue weighted by Crippen LogP contribution is 2.25. The first-order valence-corrected chi connectivity index (χ1v) is 5.91. The van der Waals surface area contributed by atoms with Gasteiger partial charge in [-0.15, -0.1) is 0 Å². The van der Waals surface area contributed by atoms with E-state index in [1.165, 1.54) is 6.33 Å². The van der Waals surface area contributed by atoms with Crippen LogP contribution in [-0.4, -0.2) is 9.97 Å². The molecule has 0 saturated carbocycles. The summed E-state index contributed by atoms with van der Waals surface area (Å²) in [5, 5.41) is 3.34. The molecule has 0 amide bonds. The van der Waals surface area contributed by atoms with E-state index in [-0.39, 0.29) is 5.15 Å². The second kappa shape index (κ2) is 4.84. The largest absolute Gasteiger partial charge is 0.393 e. The van der Waals surface area contributed by atoms with Gasteiger partial charge in [-0.1, -0.05) is 17.7 Å². The monoisotopic (exact) mass is 346 g/mol. The maximum Gasteiger partial charge on any atom is 0.158 e. The van der Waals surface area contributed by atoms with Crippen LogP contribution in [0.5, 0.6) is 0 Å². The molecule has 6 heteroatoms. The summed E-state index contributed by atoms with van der Waals surface area (Å²) in [6.07, 6.45) is 1.37. The number of benzene rings is 1. The Hall–Kier alpha value is -1.08. The minimum Gasteiger partial charge on any atom is -0.393 e. The molecule has 1 aromatic carbocycles. The van der Waals surface area contributed by atoms with Crippen molar-refractivity contribution in [1.29, 1.82) is 0 Å². The molecule has 0 radical (unpaired) electrons. The molecule has 82 valence electrons. The first-order valence-electron chi connectivity index (χ1n) is 4.45. The molecule has 2 aromatic rings. The van der Waals surface area contributed by atoms with E-state index >= 15 is 0 Å². The summed E-state index contributed by atoms with van der Waals surface area (Å²) in [5.41, 5.74) is 7.01. The number of rotatable bonds is 2. The smallest absolute Gasteiger partial charge is 0.158 e. The number of halogens is 2. The SMILES string of the molecule is Nc1c(Cl)ncnc1Nc1cccc(I)c1. The van der Waals surface area contributed by atoms with Crippen LogP contribution in [-0.2, 0) is 0 Å². The number of hydrogen-bond acceptors (Lipinski definition) is 4. The van der Waals surface area contributed by atoms with Crippen molar-refractivity contribution in [2.75, 3.05) is 11.1 Å². The minimum absolute atomic E-state index is 0.253. The second-order valence-electron chi connectivity index (χ2n) is 3.06. The topological polar surface area (TPSA) is 63.8 Å². The van der Waals surface area contributed by atoms with E-state index in [0.717, 1.165) is 9.26 Å². The molecule has 16 heavy (non-hydrogen) atoms. The van der Waals surface area contributed by atoms with Crippen molar-refractivity contribution in [3.8, 4) is 0 Å². The van der Waals surface area contributed by atoms with Gasteiger partial charge in [0.15, 0.2) is 11.0 Å². The van der Waals surface area contributed by atoms with Gasteiger partial charge in [0.05, 0.1) is 0 Å². The average molecular weight is 347 g/mol. The summed E-state index contributed by atoms with van der Waals surface area (Å²) in [7, 11) is 0. The lowest BCUT2D eigenvalue weighted by Crippen LogP contribution is -2.01. The second-order valence-corrected chi connectivity index (χ2v) is 4.67. The molecule has 4 nitrogen and oxygen atoms in total. The van der Waals surface area contributed by atoms with Crippen molar-refractivity contribution < 1.29 is 0 Å². The highest BCUT2D eigenvalue weighted by molar-refractivity contribution is 14.1. The molecular weight excluding hydrogens is 338 g/mol. The Labute approximate surface area is 111 Å². The lowest BCUT2D eigenvalue weighted by atomic mass is 10.3. The number of hydrogen-bond donors (Lipinski definition) is 2. The molecule has 0 fully saturated rings. The molecule has 0 atom stereocenters. The van der Waals surface area contributed by atoms with E-state index in [2.05, 4.69) is 37.9 Å². The summed E-state index contributed by atoms with van der Waals surface area (Å²) in [5.74, 6) is 0.516. The first-order chi connectivity index (χ1) is 7.66. The van der Waals surface area contributed by atoms with Crippen molar-refractivity contribution >= 4 is 51.4 Å². The molecule has 0 aliphatic carbocycles. The van der Waals surface area contributed by atoms with Crippen molar-refractivity contribution in [2.45, 2.75) is 0 Å². The average Bonchev–Trinajstić information content (AvgIpc) is 2.25. The maximum atomic E-state index is 5.79. The normalized spacial score (nSPS) is 10.1. The Morgan fingerprint density at radius 2 is 2.12 bits per heavy atom. The van der Waals surface area contributed by atoms with E-state index in [0.29, 0.717) is 11.5 Å². The Morgan fingerprint density at radius 1 is 1.31 bits per heavy atom. The van der Waals surface area contributed by atoms with Crippen molar-refractivity contribution in [1.82, 2.24) is 9.97 Å². The Balaban J connectivity index is 2.31. The fraction of sp³-hybridized carbons (Fsp3) is 0. The fourth-order valence-corrected chi connectivity index (χ4v) is 1.85. The van der Waals surface area contributed by atoms with Crippen LogP contribution in [0.2, 0.25) is 5.15 Å². The van der Waals surface area contributed by atoms with Crippen molar-refractivity contribution in [3.63, 3.8) is 0 Å². The molecule has 0 unspecified atom stereocenters. The van der Waals surface area contributed by atoms with Crippen LogP contribution >= 0.6 is 34.2 Å². The Kier molecular flexibility index (Phi) is 3.45. The molecule has 0 aliphatic rings. The zero-order chi connectivity index (χ0) is 11.5. The molecule has 0 aliphatic heterocycles. The maximum absolute atomic E-state index is 5.79. The van der Waals surface area contributed by atoms with Gasteiger partial charge < -0.3 is 11.1 Å². The van der Waals surface area contributed by atoms with Crippen molar-refractivity contribution in [2.24, 2.45) is 0 Å². The zero-order valence-electron chi connectivity index (χ0n) is 8.11. The third-order valence-corrected chi connectivity index (χ3v) is 2.89. The molecule has 3 N–H and O–H groups in total. The van der Waals surface area contributed by atoms with Crippen molar-refractivity contribution in [3.05, 3.63) is 39.3 Å². The molecule has 1 aromatic heterocycles. The fourth-order valence-electron chi connectivity index (χ4n) is 1.18. The quantitative estimate of drug-likeness (QED) is 0.648. The van der Waals surface area contributed by atoms with Gasteiger partial charge in [-0.3, -0.25) is 0 Å². The molecule has 2 rings (SSSR count).